The van der Waals surface area contributed by atoms with Gasteiger partial charge in [0.1, 0.15) is 0 Å². The van der Waals surface area contributed by atoms with Crippen LogP contribution >= 0.6 is 0 Å². The second kappa shape index (κ2) is 4.72. The molecule has 2 atom stereocenters. The van der Waals surface area contributed by atoms with Crippen LogP contribution < -0.4 is 5.32 Å². The summed E-state index contributed by atoms with van der Waals surface area (Å²) in [7, 11) is 5.46. The Morgan fingerprint density at radius 3 is 2.50 bits per heavy atom. The molecule has 0 aromatic heterocycles. The van der Waals surface area contributed by atoms with Crippen LogP contribution in [0.4, 0.5) is 0 Å². The molecule has 1 saturated heterocycles. The highest BCUT2D eigenvalue weighted by molar-refractivity contribution is 5.78. The molecule has 82 valence electrons. The molecule has 14 heavy (non-hydrogen) atoms. The van der Waals surface area contributed by atoms with Crippen molar-refractivity contribution in [3.05, 3.63) is 0 Å². The topological polar surface area (TPSA) is 55.8 Å². The molecule has 1 amide bonds. The smallest absolute Gasteiger partial charge is 0.236 e. The Hall–Kier alpha value is -0.650. The molecule has 0 aliphatic carbocycles. The third-order valence-corrected chi connectivity index (χ3v) is 2.49. The van der Waals surface area contributed by atoms with Gasteiger partial charge in [-0.2, -0.15) is 0 Å². The molecule has 1 aliphatic heterocycles. The molecule has 5 nitrogen and oxygen atoms in total. The zero-order chi connectivity index (χ0) is 10.7. The summed E-state index contributed by atoms with van der Waals surface area (Å²) in [6.07, 6.45) is -0.439. The van der Waals surface area contributed by atoms with Crippen LogP contribution in [0.1, 0.15) is 0 Å². The molecule has 0 spiro atoms. The quantitative estimate of drug-likeness (QED) is 0.574. The Morgan fingerprint density at radius 1 is 1.43 bits per heavy atom. The Bertz CT molecular complexity index is 208. The van der Waals surface area contributed by atoms with Crippen LogP contribution in [0.25, 0.3) is 0 Å². The number of likely N-dealkylation sites (N-methyl/N-ethyl adjacent to an activating group) is 2. The van der Waals surface area contributed by atoms with Crippen LogP contribution in [0.5, 0.6) is 0 Å². The van der Waals surface area contributed by atoms with Gasteiger partial charge in [0.05, 0.1) is 18.7 Å². The second-order valence-corrected chi connectivity index (χ2v) is 4.04. The van der Waals surface area contributed by atoms with Gasteiger partial charge >= 0.3 is 0 Å². The summed E-state index contributed by atoms with van der Waals surface area (Å²) in [5.41, 5.74) is 0. The van der Waals surface area contributed by atoms with E-state index in [0.29, 0.717) is 19.6 Å². The van der Waals surface area contributed by atoms with E-state index in [2.05, 4.69) is 5.32 Å². The van der Waals surface area contributed by atoms with Gasteiger partial charge in [0.2, 0.25) is 5.91 Å². The molecule has 1 aliphatic rings. The molecule has 0 aromatic carbocycles. The standard InChI is InChI=1S/C9H19N3O2/c1-11(2)6-9(14)12(3)7-4-10-5-8(7)13/h7-8,10,13H,4-6H2,1-3H3/t7-,8-/m1/s1. The van der Waals surface area contributed by atoms with Gasteiger partial charge in [0.25, 0.3) is 0 Å². The maximum Gasteiger partial charge on any atom is 0.236 e. The minimum atomic E-state index is -0.439. The first-order valence-corrected chi connectivity index (χ1v) is 4.81. The number of hydrogen-bond donors (Lipinski definition) is 2. The maximum absolute atomic E-state index is 11.6. The van der Waals surface area contributed by atoms with E-state index in [1.165, 1.54) is 0 Å². The number of hydrogen-bond acceptors (Lipinski definition) is 4. The van der Waals surface area contributed by atoms with Crippen molar-refractivity contribution in [2.24, 2.45) is 0 Å². The summed E-state index contributed by atoms with van der Waals surface area (Å²) in [4.78, 5) is 15.1. The summed E-state index contributed by atoms with van der Waals surface area (Å²) < 4.78 is 0. The van der Waals surface area contributed by atoms with Gasteiger partial charge in [-0.1, -0.05) is 0 Å². The molecule has 0 bridgehead atoms. The number of rotatable bonds is 3. The molecule has 0 radical (unpaired) electrons. The minimum absolute atomic E-state index is 0.0442. The Morgan fingerprint density at radius 2 is 2.07 bits per heavy atom. The van der Waals surface area contributed by atoms with Crippen molar-refractivity contribution in [3.63, 3.8) is 0 Å². The van der Waals surface area contributed by atoms with Crippen molar-refractivity contribution in [1.29, 1.82) is 0 Å². The zero-order valence-electron chi connectivity index (χ0n) is 9.03. The van der Waals surface area contributed by atoms with Crippen LogP contribution in [0.15, 0.2) is 0 Å². The minimum Gasteiger partial charge on any atom is -0.390 e. The van der Waals surface area contributed by atoms with E-state index < -0.39 is 6.10 Å². The normalized spacial score (nSPS) is 26.9. The first kappa shape index (κ1) is 11.4. The van der Waals surface area contributed by atoms with Crippen molar-refractivity contribution in [1.82, 2.24) is 15.1 Å². The average Bonchev–Trinajstić information content (AvgIpc) is 2.48. The van der Waals surface area contributed by atoms with E-state index in [4.69, 9.17) is 0 Å². The molecule has 1 rings (SSSR count). The van der Waals surface area contributed by atoms with Gasteiger partial charge in [0.15, 0.2) is 0 Å². The van der Waals surface area contributed by atoms with Crippen LogP contribution in [0.3, 0.4) is 0 Å². The summed E-state index contributed by atoms with van der Waals surface area (Å²) in [6, 6.07) is -0.0811. The number of amides is 1. The molecule has 0 unspecified atom stereocenters. The summed E-state index contributed by atoms with van der Waals surface area (Å²) in [5.74, 6) is 0.0442. The van der Waals surface area contributed by atoms with Crippen molar-refractivity contribution in [3.8, 4) is 0 Å². The maximum atomic E-state index is 11.6. The monoisotopic (exact) mass is 201 g/mol. The van der Waals surface area contributed by atoms with Crippen molar-refractivity contribution in [2.45, 2.75) is 12.1 Å². The van der Waals surface area contributed by atoms with Crippen molar-refractivity contribution < 1.29 is 9.90 Å². The van der Waals surface area contributed by atoms with E-state index in [-0.39, 0.29) is 11.9 Å². The van der Waals surface area contributed by atoms with Gasteiger partial charge < -0.3 is 20.2 Å². The fourth-order valence-corrected chi connectivity index (χ4v) is 1.61. The number of carbonyl (C=O) groups excluding carboxylic acids is 1. The number of aliphatic hydroxyl groups is 1. The average molecular weight is 201 g/mol. The molecular formula is C9H19N3O2. The zero-order valence-corrected chi connectivity index (χ0v) is 9.03. The van der Waals surface area contributed by atoms with Crippen molar-refractivity contribution >= 4 is 5.91 Å². The largest absolute Gasteiger partial charge is 0.390 e. The number of carbonyl (C=O) groups is 1. The molecular weight excluding hydrogens is 182 g/mol. The lowest BCUT2D eigenvalue weighted by Gasteiger charge is -2.27. The SMILES string of the molecule is CN(C)CC(=O)N(C)[C@@H]1CNC[C@H]1O. The van der Waals surface area contributed by atoms with Crippen LogP contribution in [0.2, 0.25) is 0 Å². The highest BCUT2D eigenvalue weighted by Gasteiger charge is 2.30. The number of β-amino-alcohol motifs (C(OH)–C–C–N with tert-alkyl or cyclic N) is 1. The Labute approximate surface area is 84.7 Å². The predicted octanol–water partition coefficient (Wildman–Crippen LogP) is -1.66. The van der Waals surface area contributed by atoms with Crippen LogP contribution in [0, 0.1) is 0 Å². The predicted molar refractivity (Wildman–Crippen MR) is 54.0 cm³/mol. The van der Waals surface area contributed by atoms with Gasteiger partial charge in [-0.3, -0.25) is 4.79 Å². The van der Waals surface area contributed by atoms with Gasteiger partial charge in [-0.15, -0.1) is 0 Å². The second-order valence-electron chi connectivity index (χ2n) is 4.04. The lowest BCUT2D eigenvalue weighted by Crippen LogP contribution is -2.47. The Balaban J connectivity index is 2.47. The van der Waals surface area contributed by atoms with Gasteiger partial charge in [-0.25, -0.2) is 0 Å². The number of aliphatic hydroxyl groups excluding tert-OH is 1. The van der Waals surface area contributed by atoms with E-state index in [1.54, 1.807) is 11.9 Å². The number of nitrogens with one attached hydrogen (secondary N) is 1. The van der Waals surface area contributed by atoms with Crippen LogP contribution in [-0.4, -0.2) is 73.7 Å². The lowest BCUT2D eigenvalue weighted by atomic mass is 10.2. The third-order valence-electron chi connectivity index (χ3n) is 2.49. The van der Waals surface area contributed by atoms with Gasteiger partial charge in [0, 0.05) is 20.1 Å². The third kappa shape index (κ3) is 2.67. The van der Waals surface area contributed by atoms with Crippen LogP contribution in [-0.2, 0) is 4.79 Å². The summed E-state index contributed by atoms with van der Waals surface area (Å²) in [6.45, 7) is 1.64. The molecule has 5 heteroatoms. The first-order valence-electron chi connectivity index (χ1n) is 4.81. The fourth-order valence-electron chi connectivity index (χ4n) is 1.61. The molecule has 2 N–H and O–H groups in total. The van der Waals surface area contributed by atoms with Gasteiger partial charge in [-0.05, 0) is 14.1 Å². The summed E-state index contributed by atoms with van der Waals surface area (Å²) >= 11 is 0. The molecule has 1 fully saturated rings. The van der Waals surface area contributed by atoms with Crippen molar-refractivity contribution in [2.75, 3.05) is 40.8 Å². The fraction of sp³-hybridized carbons (Fsp3) is 0.889. The molecule has 0 aromatic rings. The summed E-state index contributed by atoms with van der Waals surface area (Å²) in [5, 5.41) is 12.6. The van der Waals surface area contributed by atoms with E-state index in [9.17, 15) is 9.90 Å². The molecule has 1 heterocycles. The highest BCUT2D eigenvalue weighted by atomic mass is 16.3. The number of nitrogens with zero attached hydrogens (tertiary/aromatic N) is 2. The lowest BCUT2D eigenvalue weighted by molar-refractivity contribution is -0.133. The highest BCUT2D eigenvalue weighted by Crippen LogP contribution is 2.07. The van der Waals surface area contributed by atoms with E-state index >= 15 is 0 Å². The molecule has 0 saturated carbocycles. The van der Waals surface area contributed by atoms with E-state index in [1.807, 2.05) is 19.0 Å². The Kier molecular flexibility index (Phi) is 3.86. The first-order chi connectivity index (χ1) is 6.52. The van der Waals surface area contributed by atoms with E-state index in [0.717, 1.165) is 0 Å².